The summed E-state index contributed by atoms with van der Waals surface area (Å²) in [5.41, 5.74) is 1.02. The van der Waals surface area contributed by atoms with Gasteiger partial charge in [0.25, 0.3) is 0 Å². The zero-order valence-corrected chi connectivity index (χ0v) is 11.8. The van der Waals surface area contributed by atoms with Gasteiger partial charge in [-0.05, 0) is 19.9 Å². The van der Waals surface area contributed by atoms with Crippen LogP contribution in [-0.2, 0) is 13.1 Å². The van der Waals surface area contributed by atoms with E-state index < -0.39 is 0 Å². The van der Waals surface area contributed by atoms with Crippen molar-refractivity contribution in [2.24, 2.45) is 0 Å². The Kier molecular flexibility index (Phi) is 4.72. The molecule has 5 nitrogen and oxygen atoms in total. The second kappa shape index (κ2) is 6.29. The Morgan fingerprint density at radius 2 is 2.28 bits per heavy atom. The molecule has 1 aliphatic rings. The Labute approximate surface area is 110 Å². The summed E-state index contributed by atoms with van der Waals surface area (Å²) in [5, 5.41) is 11.7. The van der Waals surface area contributed by atoms with Crippen LogP contribution in [0.1, 0.15) is 38.8 Å². The average molecular weight is 251 g/mol. The van der Waals surface area contributed by atoms with Crippen LogP contribution in [0.2, 0.25) is 0 Å². The molecule has 0 bridgehead atoms. The molecule has 1 N–H and O–H groups in total. The maximum absolute atomic E-state index is 4.18. The van der Waals surface area contributed by atoms with Gasteiger partial charge in [0.05, 0.1) is 12.2 Å². The van der Waals surface area contributed by atoms with E-state index in [4.69, 9.17) is 0 Å². The zero-order chi connectivity index (χ0) is 13.0. The molecule has 0 spiro atoms. The van der Waals surface area contributed by atoms with E-state index in [9.17, 15) is 0 Å². The number of rotatable bonds is 7. The molecule has 0 unspecified atom stereocenters. The molecule has 0 atom stereocenters. The highest BCUT2D eigenvalue weighted by atomic mass is 15.4. The summed E-state index contributed by atoms with van der Waals surface area (Å²) in [6.07, 6.45) is 6.15. The lowest BCUT2D eigenvalue weighted by Gasteiger charge is -2.34. The van der Waals surface area contributed by atoms with E-state index in [2.05, 4.69) is 41.4 Å². The van der Waals surface area contributed by atoms with Crippen molar-refractivity contribution < 1.29 is 0 Å². The van der Waals surface area contributed by atoms with E-state index in [-0.39, 0.29) is 0 Å². The molecule has 0 aliphatic heterocycles. The molecule has 1 fully saturated rings. The third-order valence-corrected chi connectivity index (χ3v) is 3.66. The van der Waals surface area contributed by atoms with Crippen molar-refractivity contribution in [3.63, 3.8) is 0 Å². The zero-order valence-electron chi connectivity index (χ0n) is 11.8. The summed E-state index contributed by atoms with van der Waals surface area (Å²) in [6, 6.07) is 1.29. The quantitative estimate of drug-likeness (QED) is 0.792. The SMILES string of the molecule is CC(C)NCc1cn(CCN(C)C2CCC2)nn1. The molecule has 0 radical (unpaired) electrons. The van der Waals surface area contributed by atoms with Crippen molar-refractivity contribution in [1.29, 1.82) is 0 Å². The molecule has 5 heteroatoms. The van der Waals surface area contributed by atoms with Crippen LogP contribution in [0.4, 0.5) is 0 Å². The molecule has 1 saturated carbocycles. The monoisotopic (exact) mass is 251 g/mol. The lowest BCUT2D eigenvalue weighted by molar-refractivity contribution is 0.153. The van der Waals surface area contributed by atoms with Crippen molar-refractivity contribution in [2.45, 2.75) is 58.3 Å². The van der Waals surface area contributed by atoms with Gasteiger partial charge in [0.2, 0.25) is 0 Å². The highest BCUT2D eigenvalue weighted by molar-refractivity contribution is 4.92. The van der Waals surface area contributed by atoms with Gasteiger partial charge in [0.15, 0.2) is 0 Å². The van der Waals surface area contributed by atoms with Crippen LogP contribution in [0.3, 0.4) is 0 Å². The van der Waals surface area contributed by atoms with Crippen LogP contribution in [0, 0.1) is 0 Å². The van der Waals surface area contributed by atoms with Crippen LogP contribution in [0.15, 0.2) is 6.20 Å². The first-order chi connectivity index (χ1) is 8.65. The van der Waals surface area contributed by atoms with Crippen molar-refractivity contribution >= 4 is 0 Å². The fraction of sp³-hybridized carbons (Fsp3) is 0.846. The summed E-state index contributed by atoms with van der Waals surface area (Å²) < 4.78 is 1.95. The summed E-state index contributed by atoms with van der Waals surface area (Å²) in [4.78, 5) is 2.44. The van der Waals surface area contributed by atoms with Gasteiger partial charge in [-0.2, -0.15) is 0 Å². The van der Waals surface area contributed by atoms with Crippen molar-refractivity contribution in [1.82, 2.24) is 25.2 Å². The van der Waals surface area contributed by atoms with Gasteiger partial charge in [0.1, 0.15) is 0 Å². The first kappa shape index (κ1) is 13.5. The number of hydrogen-bond acceptors (Lipinski definition) is 4. The normalized spacial score (nSPS) is 16.5. The Morgan fingerprint density at radius 3 is 2.89 bits per heavy atom. The largest absolute Gasteiger partial charge is 0.309 e. The number of likely N-dealkylation sites (N-methyl/N-ethyl adjacent to an activating group) is 1. The highest BCUT2D eigenvalue weighted by Crippen LogP contribution is 2.23. The second-order valence-corrected chi connectivity index (χ2v) is 5.57. The van der Waals surface area contributed by atoms with E-state index in [0.717, 1.165) is 31.4 Å². The van der Waals surface area contributed by atoms with E-state index in [1.54, 1.807) is 0 Å². The molecular formula is C13H25N5. The van der Waals surface area contributed by atoms with Gasteiger partial charge in [-0.25, -0.2) is 0 Å². The van der Waals surface area contributed by atoms with Gasteiger partial charge >= 0.3 is 0 Å². The van der Waals surface area contributed by atoms with E-state index in [0.29, 0.717) is 6.04 Å². The molecule has 102 valence electrons. The van der Waals surface area contributed by atoms with Crippen molar-refractivity contribution in [3.8, 4) is 0 Å². The number of nitrogens with zero attached hydrogens (tertiary/aromatic N) is 4. The van der Waals surface area contributed by atoms with Crippen molar-refractivity contribution in [2.75, 3.05) is 13.6 Å². The fourth-order valence-corrected chi connectivity index (χ4v) is 2.11. The van der Waals surface area contributed by atoms with Crippen LogP contribution >= 0.6 is 0 Å². The summed E-state index contributed by atoms with van der Waals surface area (Å²) in [5.74, 6) is 0. The molecule has 0 amide bonds. The van der Waals surface area contributed by atoms with Crippen LogP contribution in [0.25, 0.3) is 0 Å². The van der Waals surface area contributed by atoms with E-state index in [1.807, 2.05) is 10.9 Å². The maximum atomic E-state index is 4.18. The molecule has 18 heavy (non-hydrogen) atoms. The molecule has 2 rings (SSSR count). The van der Waals surface area contributed by atoms with E-state index in [1.165, 1.54) is 19.3 Å². The maximum Gasteiger partial charge on any atom is 0.0964 e. The predicted molar refractivity (Wildman–Crippen MR) is 72.3 cm³/mol. The molecule has 1 aromatic heterocycles. The number of nitrogens with one attached hydrogen (secondary N) is 1. The Hall–Kier alpha value is -0.940. The fourth-order valence-electron chi connectivity index (χ4n) is 2.11. The minimum absolute atomic E-state index is 0.486. The van der Waals surface area contributed by atoms with Gasteiger partial charge in [0, 0.05) is 31.4 Å². The molecule has 0 saturated heterocycles. The first-order valence-electron chi connectivity index (χ1n) is 6.98. The second-order valence-electron chi connectivity index (χ2n) is 5.57. The lowest BCUT2D eigenvalue weighted by Crippen LogP contribution is -2.38. The topological polar surface area (TPSA) is 46.0 Å². The molecule has 1 aromatic rings. The van der Waals surface area contributed by atoms with Crippen molar-refractivity contribution in [3.05, 3.63) is 11.9 Å². The van der Waals surface area contributed by atoms with Crippen LogP contribution < -0.4 is 5.32 Å². The average Bonchev–Trinajstić information content (AvgIpc) is 2.69. The lowest BCUT2D eigenvalue weighted by atomic mass is 9.92. The molecule has 0 aromatic carbocycles. The van der Waals surface area contributed by atoms with Crippen LogP contribution in [0.5, 0.6) is 0 Å². The smallest absolute Gasteiger partial charge is 0.0964 e. The molecule has 1 aliphatic carbocycles. The van der Waals surface area contributed by atoms with Crippen LogP contribution in [-0.4, -0.2) is 45.6 Å². The third-order valence-electron chi connectivity index (χ3n) is 3.66. The third kappa shape index (κ3) is 3.78. The minimum atomic E-state index is 0.486. The predicted octanol–water partition coefficient (Wildman–Crippen LogP) is 1.26. The minimum Gasteiger partial charge on any atom is -0.309 e. The number of hydrogen-bond donors (Lipinski definition) is 1. The molecular weight excluding hydrogens is 226 g/mol. The van der Waals surface area contributed by atoms with Gasteiger partial charge in [-0.1, -0.05) is 25.5 Å². The highest BCUT2D eigenvalue weighted by Gasteiger charge is 2.21. The summed E-state index contributed by atoms with van der Waals surface area (Å²) in [7, 11) is 2.21. The van der Waals surface area contributed by atoms with Gasteiger partial charge < -0.3 is 10.2 Å². The van der Waals surface area contributed by atoms with Gasteiger partial charge in [-0.15, -0.1) is 5.10 Å². The Balaban J connectivity index is 1.72. The summed E-state index contributed by atoms with van der Waals surface area (Å²) in [6.45, 7) is 7.07. The molecule has 1 heterocycles. The standard InChI is InChI=1S/C13H25N5/c1-11(2)14-9-12-10-18(16-15-12)8-7-17(3)13-5-4-6-13/h10-11,13-14H,4-9H2,1-3H3. The summed E-state index contributed by atoms with van der Waals surface area (Å²) >= 11 is 0. The van der Waals surface area contributed by atoms with E-state index >= 15 is 0 Å². The van der Waals surface area contributed by atoms with Gasteiger partial charge in [-0.3, -0.25) is 4.68 Å². The Morgan fingerprint density at radius 1 is 1.50 bits per heavy atom. The Bertz CT molecular complexity index is 356. The first-order valence-corrected chi connectivity index (χ1v) is 6.98. The number of aromatic nitrogens is 3.